The number of benzene rings is 1. The number of aromatic nitrogens is 3. The zero-order valence-electron chi connectivity index (χ0n) is 10.3. The Morgan fingerprint density at radius 3 is 2.79 bits per heavy atom. The summed E-state index contributed by atoms with van der Waals surface area (Å²) in [6.45, 7) is 0. The van der Waals surface area contributed by atoms with Crippen LogP contribution in [0.2, 0.25) is 0 Å². The number of fused-ring (bicyclic) bond motifs is 1. The minimum atomic E-state index is 0.290. The van der Waals surface area contributed by atoms with Gasteiger partial charge in [-0.3, -0.25) is 0 Å². The molecule has 0 aliphatic rings. The summed E-state index contributed by atoms with van der Waals surface area (Å²) in [5, 5.41) is 1.02. The van der Waals surface area contributed by atoms with Crippen LogP contribution in [0.15, 0.2) is 30.6 Å². The van der Waals surface area contributed by atoms with Crippen LogP contribution in [0.5, 0.6) is 5.75 Å². The van der Waals surface area contributed by atoms with Crippen molar-refractivity contribution >= 4 is 27.5 Å². The molecule has 0 aliphatic heterocycles. The lowest BCUT2D eigenvalue weighted by Crippen LogP contribution is -1.96. The van der Waals surface area contributed by atoms with Gasteiger partial charge in [-0.25, -0.2) is 15.0 Å². The molecular weight excluding hydrogens is 260 g/mol. The summed E-state index contributed by atoms with van der Waals surface area (Å²) in [4.78, 5) is 12.5. The maximum absolute atomic E-state index is 5.46. The molecule has 2 N–H and O–H groups in total. The van der Waals surface area contributed by atoms with Crippen molar-refractivity contribution in [1.82, 2.24) is 15.0 Å². The van der Waals surface area contributed by atoms with Crippen LogP contribution in [-0.4, -0.2) is 22.1 Å². The zero-order valence-corrected chi connectivity index (χ0v) is 11.1. The van der Waals surface area contributed by atoms with Gasteiger partial charge in [-0.05, 0) is 23.8 Å². The number of rotatable bonds is 3. The second-order valence-electron chi connectivity index (χ2n) is 4.07. The molecule has 2 heterocycles. The van der Waals surface area contributed by atoms with Gasteiger partial charge in [-0.2, -0.15) is 0 Å². The lowest BCUT2D eigenvalue weighted by atomic mass is 10.2. The summed E-state index contributed by atoms with van der Waals surface area (Å²) in [5.74, 6) is 1.14. The molecule has 0 saturated carbocycles. The van der Waals surface area contributed by atoms with Gasteiger partial charge < -0.3 is 10.5 Å². The number of anilines is 1. The Bertz CT molecular complexity index is 708. The molecule has 0 radical (unpaired) electrons. The van der Waals surface area contributed by atoms with Crippen LogP contribution in [0.1, 0.15) is 10.6 Å². The Labute approximate surface area is 114 Å². The number of nitrogens with two attached hydrogens (primary N) is 1. The zero-order chi connectivity index (χ0) is 13.2. The molecule has 0 spiro atoms. The highest BCUT2D eigenvalue weighted by atomic mass is 32.1. The number of thiazole rings is 1. The normalized spacial score (nSPS) is 10.8. The molecule has 0 atom stereocenters. The third-order valence-corrected chi connectivity index (χ3v) is 3.74. The SMILES string of the molecule is COc1ccc2nc(Cc3cnc(N)nc3)sc2c1. The van der Waals surface area contributed by atoms with E-state index >= 15 is 0 Å². The Balaban J connectivity index is 1.90. The molecule has 6 heteroatoms. The summed E-state index contributed by atoms with van der Waals surface area (Å²) >= 11 is 1.65. The lowest BCUT2D eigenvalue weighted by molar-refractivity contribution is 0.415. The quantitative estimate of drug-likeness (QED) is 0.791. The standard InChI is InChI=1S/C13H12N4OS/c1-18-9-2-3-10-11(5-9)19-12(17-10)4-8-6-15-13(14)16-7-8/h2-3,5-7H,4H2,1H3,(H2,14,15,16). The van der Waals surface area contributed by atoms with Crippen LogP contribution < -0.4 is 10.5 Å². The maximum Gasteiger partial charge on any atom is 0.219 e. The Morgan fingerprint density at radius 2 is 2.05 bits per heavy atom. The molecule has 0 bridgehead atoms. The lowest BCUT2D eigenvalue weighted by Gasteiger charge is -1.96. The van der Waals surface area contributed by atoms with Crippen molar-refractivity contribution in [2.24, 2.45) is 0 Å². The Kier molecular flexibility index (Phi) is 3.00. The first-order valence-electron chi connectivity index (χ1n) is 5.74. The smallest absolute Gasteiger partial charge is 0.219 e. The van der Waals surface area contributed by atoms with E-state index in [0.29, 0.717) is 6.42 Å². The van der Waals surface area contributed by atoms with E-state index in [2.05, 4.69) is 15.0 Å². The van der Waals surface area contributed by atoms with Crippen LogP contribution >= 0.6 is 11.3 Å². The molecule has 19 heavy (non-hydrogen) atoms. The van der Waals surface area contributed by atoms with E-state index in [1.165, 1.54) is 0 Å². The molecule has 0 fully saturated rings. The fourth-order valence-electron chi connectivity index (χ4n) is 1.79. The van der Waals surface area contributed by atoms with E-state index in [9.17, 15) is 0 Å². The fourth-order valence-corrected chi connectivity index (χ4v) is 2.82. The van der Waals surface area contributed by atoms with Crippen molar-refractivity contribution in [3.8, 4) is 5.75 Å². The molecule has 0 amide bonds. The highest BCUT2D eigenvalue weighted by molar-refractivity contribution is 7.18. The van der Waals surface area contributed by atoms with Crippen LogP contribution in [0.4, 0.5) is 5.95 Å². The topological polar surface area (TPSA) is 73.9 Å². The Hall–Kier alpha value is -2.21. The minimum Gasteiger partial charge on any atom is -0.497 e. The monoisotopic (exact) mass is 272 g/mol. The molecular formula is C13H12N4OS. The molecule has 1 aromatic carbocycles. The summed E-state index contributed by atoms with van der Waals surface area (Å²) in [6, 6.07) is 5.88. The van der Waals surface area contributed by atoms with Gasteiger partial charge in [-0.1, -0.05) is 0 Å². The van der Waals surface area contributed by atoms with Gasteiger partial charge in [0.2, 0.25) is 5.95 Å². The van der Waals surface area contributed by atoms with E-state index in [-0.39, 0.29) is 5.95 Å². The average Bonchev–Trinajstić information content (AvgIpc) is 2.82. The van der Waals surface area contributed by atoms with Crippen molar-refractivity contribution in [1.29, 1.82) is 0 Å². The highest BCUT2D eigenvalue weighted by Crippen LogP contribution is 2.27. The van der Waals surface area contributed by atoms with E-state index < -0.39 is 0 Å². The van der Waals surface area contributed by atoms with Crippen molar-refractivity contribution in [3.05, 3.63) is 41.2 Å². The van der Waals surface area contributed by atoms with Gasteiger partial charge in [0, 0.05) is 18.8 Å². The highest BCUT2D eigenvalue weighted by Gasteiger charge is 2.06. The number of nitrogens with zero attached hydrogens (tertiary/aromatic N) is 3. The molecule has 3 rings (SSSR count). The largest absolute Gasteiger partial charge is 0.497 e. The van der Waals surface area contributed by atoms with Gasteiger partial charge in [0.15, 0.2) is 0 Å². The number of hydrogen-bond donors (Lipinski definition) is 1. The summed E-state index contributed by atoms with van der Waals surface area (Å²) < 4.78 is 6.32. The van der Waals surface area contributed by atoms with Gasteiger partial charge in [0.25, 0.3) is 0 Å². The summed E-state index contributed by atoms with van der Waals surface area (Å²) in [7, 11) is 1.66. The fraction of sp³-hybridized carbons (Fsp3) is 0.154. The van der Waals surface area contributed by atoms with Crippen LogP contribution in [0.3, 0.4) is 0 Å². The molecule has 0 saturated heterocycles. The molecule has 0 aliphatic carbocycles. The molecule has 3 aromatic rings. The van der Waals surface area contributed by atoms with E-state index in [4.69, 9.17) is 10.5 Å². The van der Waals surface area contributed by atoms with Gasteiger partial charge >= 0.3 is 0 Å². The predicted molar refractivity (Wildman–Crippen MR) is 75.4 cm³/mol. The predicted octanol–water partition coefficient (Wildman–Crippen LogP) is 2.27. The third-order valence-electron chi connectivity index (χ3n) is 2.72. The van der Waals surface area contributed by atoms with E-state index in [1.54, 1.807) is 30.8 Å². The molecule has 2 aromatic heterocycles. The number of hydrogen-bond acceptors (Lipinski definition) is 6. The van der Waals surface area contributed by atoms with Crippen molar-refractivity contribution < 1.29 is 4.74 Å². The van der Waals surface area contributed by atoms with Crippen molar-refractivity contribution in [3.63, 3.8) is 0 Å². The molecule has 0 unspecified atom stereocenters. The van der Waals surface area contributed by atoms with Gasteiger partial charge in [-0.15, -0.1) is 11.3 Å². The molecule has 5 nitrogen and oxygen atoms in total. The van der Waals surface area contributed by atoms with Crippen LogP contribution in [0, 0.1) is 0 Å². The van der Waals surface area contributed by atoms with Gasteiger partial charge in [0.05, 0.1) is 22.3 Å². The summed E-state index contributed by atoms with van der Waals surface area (Å²) in [6.07, 6.45) is 4.17. The number of methoxy groups -OCH3 is 1. The minimum absolute atomic E-state index is 0.290. The third kappa shape index (κ3) is 2.48. The molecule has 96 valence electrons. The maximum atomic E-state index is 5.46. The van der Waals surface area contributed by atoms with Crippen molar-refractivity contribution in [2.75, 3.05) is 12.8 Å². The first-order valence-corrected chi connectivity index (χ1v) is 6.56. The van der Waals surface area contributed by atoms with Crippen LogP contribution in [-0.2, 0) is 6.42 Å². The van der Waals surface area contributed by atoms with Crippen LogP contribution in [0.25, 0.3) is 10.2 Å². The van der Waals surface area contributed by atoms with E-state index in [1.807, 2.05) is 18.2 Å². The number of nitrogen functional groups attached to an aromatic ring is 1. The average molecular weight is 272 g/mol. The first kappa shape index (κ1) is 11.9. The Morgan fingerprint density at radius 1 is 1.26 bits per heavy atom. The second-order valence-corrected chi connectivity index (χ2v) is 5.18. The second kappa shape index (κ2) is 4.81. The van der Waals surface area contributed by atoms with Crippen molar-refractivity contribution in [2.45, 2.75) is 6.42 Å². The van der Waals surface area contributed by atoms with Gasteiger partial charge in [0.1, 0.15) is 5.75 Å². The summed E-state index contributed by atoms with van der Waals surface area (Å²) in [5.41, 5.74) is 7.45. The first-order chi connectivity index (χ1) is 9.24. The van der Waals surface area contributed by atoms with E-state index in [0.717, 1.165) is 26.5 Å². The number of ether oxygens (including phenoxy) is 1.